The van der Waals surface area contributed by atoms with Crippen molar-refractivity contribution in [2.24, 2.45) is 0 Å². The van der Waals surface area contributed by atoms with E-state index in [-0.39, 0.29) is 11.6 Å². The van der Waals surface area contributed by atoms with Gasteiger partial charge in [-0.2, -0.15) is 0 Å². The van der Waals surface area contributed by atoms with Crippen molar-refractivity contribution in [2.75, 3.05) is 6.61 Å². The molecule has 0 aliphatic carbocycles. The minimum absolute atomic E-state index is 0.224. The number of hydrogen-bond acceptors (Lipinski definition) is 4. The molecule has 158 valence electrons. The van der Waals surface area contributed by atoms with Crippen molar-refractivity contribution < 1.29 is 23.5 Å². The predicted molar refractivity (Wildman–Crippen MR) is 118 cm³/mol. The van der Waals surface area contributed by atoms with Gasteiger partial charge in [-0.15, -0.1) is 0 Å². The molecule has 4 nitrogen and oxygen atoms in total. The molecule has 0 aromatic heterocycles. The summed E-state index contributed by atoms with van der Waals surface area (Å²) in [5.74, 6) is 0.0426. The number of halogens is 1. The number of ketones is 1. The summed E-state index contributed by atoms with van der Waals surface area (Å²) in [6.45, 7) is 2.75. The number of ether oxygens (including phenoxy) is 2. The molecule has 0 radical (unpaired) electrons. The maximum atomic E-state index is 12.9. The molecular weight excluding hydrogens is 395 g/mol. The highest BCUT2D eigenvalue weighted by molar-refractivity contribution is 6.06. The Morgan fingerprint density at radius 3 is 2.10 bits per heavy atom. The second-order valence-corrected chi connectivity index (χ2v) is 6.89. The van der Waals surface area contributed by atoms with E-state index in [4.69, 9.17) is 9.47 Å². The first-order valence-electron chi connectivity index (χ1n) is 10.1. The van der Waals surface area contributed by atoms with Crippen LogP contribution in [0.3, 0.4) is 0 Å². The molecule has 3 rings (SSSR count). The Morgan fingerprint density at radius 1 is 0.839 bits per heavy atom. The largest absolute Gasteiger partial charge is 0.494 e. The normalized spacial score (nSPS) is 10.8. The Bertz CT molecular complexity index is 1040. The molecule has 31 heavy (non-hydrogen) atoms. The predicted octanol–water partition coefficient (Wildman–Crippen LogP) is 6.12. The summed E-state index contributed by atoms with van der Waals surface area (Å²) in [4.78, 5) is 24.4. The van der Waals surface area contributed by atoms with Crippen molar-refractivity contribution in [3.05, 3.63) is 101 Å². The molecule has 0 unspecified atom stereocenters. The highest BCUT2D eigenvalue weighted by Gasteiger charge is 2.09. The Hall–Kier alpha value is -3.73. The van der Waals surface area contributed by atoms with Gasteiger partial charge in [-0.1, -0.05) is 31.6 Å². The average molecular weight is 418 g/mol. The molecule has 0 spiro atoms. The number of unbranched alkanes of at least 4 members (excludes halogenated alkanes) is 1. The zero-order chi connectivity index (χ0) is 22.1. The number of hydrogen-bond donors (Lipinski definition) is 0. The fraction of sp³-hybridized carbons (Fsp3) is 0.154. The molecule has 0 saturated carbocycles. The summed E-state index contributed by atoms with van der Waals surface area (Å²) in [5, 5.41) is 0. The number of carbonyl (C=O) groups excluding carboxylic acids is 2. The third-order valence-electron chi connectivity index (χ3n) is 4.50. The van der Waals surface area contributed by atoms with Crippen molar-refractivity contribution in [1.29, 1.82) is 0 Å². The summed E-state index contributed by atoms with van der Waals surface area (Å²) in [5.41, 5.74) is 1.60. The maximum Gasteiger partial charge on any atom is 0.343 e. The fourth-order valence-electron chi connectivity index (χ4n) is 2.72. The quantitative estimate of drug-likeness (QED) is 0.138. The van der Waals surface area contributed by atoms with Gasteiger partial charge in [0.15, 0.2) is 5.78 Å². The van der Waals surface area contributed by atoms with Crippen molar-refractivity contribution in [1.82, 2.24) is 0 Å². The topological polar surface area (TPSA) is 52.6 Å². The summed E-state index contributed by atoms with van der Waals surface area (Å²) < 4.78 is 23.9. The molecule has 5 heteroatoms. The van der Waals surface area contributed by atoms with E-state index in [1.54, 1.807) is 54.6 Å². The van der Waals surface area contributed by atoms with E-state index in [2.05, 4.69) is 6.92 Å². The van der Waals surface area contributed by atoms with Gasteiger partial charge < -0.3 is 9.47 Å². The van der Waals surface area contributed by atoms with E-state index < -0.39 is 5.97 Å². The van der Waals surface area contributed by atoms with Crippen LogP contribution in [-0.2, 0) is 0 Å². The van der Waals surface area contributed by atoms with Crippen LogP contribution in [0, 0.1) is 5.82 Å². The summed E-state index contributed by atoms with van der Waals surface area (Å²) in [7, 11) is 0. The molecule has 0 heterocycles. The zero-order valence-corrected chi connectivity index (χ0v) is 17.2. The minimum atomic E-state index is -0.463. The van der Waals surface area contributed by atoms with Gasteiger partial charge in [-0.3, -0.25) is 4.79 Å². The lowest BCUT2D eigenvalue weighted by atomic mass is 10.1. The molecule has 0 saturated heterocycles. The SMILES string of the molecule is CCCCOc1ccc(C(=O)Oc2ccc(/C=C/C(=O)c3ccc(F)cc3)cc2)cc1. The van der Waals surface area contributed by atoms with E-state index >= 15 is 0 Å². The van der Waals surface area contributed by atoms with Gasteiger partial charge >= 0.3 is 5.97 Å². The third-order valence-corrected chi connectivity index (χ3v) is 4.50. The van der Waals surface area contributed by atoms with Crippen LogP contribution in [0.1, 0.15) is 46.0 Å². The molecule has 0 aliphatic rings. The van der Waals surface area contributed by atoms with E-state index in [1.807, 2.05) is 0 Å². The van der Waals surface area contributed by atoms with Gasteiger partial charge in [0.2, 0.25) is 0 Å². The van der Waals surface area contributed by atoms with Crippen molar-refractivity contribution in [2.45, 2.75) is 19.8 Å². The molecule has 0 amide bonds. The molecule has 0 aliphatic heterocycles. The van der Waals surface area contributed by atoms with Crippen LogP contribution < -0.4 is 9.47 Å². The van der Waals surface area contributed by atoms with E-state index in [1.165, 1.54) is 30.3 Å². The maximum absolute atomic E-state index is 12.9. The highest BCUT2D eigenvalue weighted by Crippen LogP contribution is 2.18. The molecule has 3 aromatic rings. The lowest BCUT2D eigenvalue weighted by Gasteiger charge is -2.07. The van der Waals surface area contributed by atoms with Gasteiger partial charge in [0.05, 0.1) is 12.2 Å². The van der Waals surface area contributed by atoms with E-state index in [0.29, 0.717) is 23.5 Å². The zero-order valence-electron chi connectivity index (χ0n) is 17.2. The van der Waals surface area contributed by atoms with Crippen LogP contribution in [0.15, 0.2) is 78.9 Å². The van der Waals surface area contributed by atoms with Crippen molar-refractivity contribution >= 4 is 17.8 Å². The molecule has 3 aromatic carbocycles. The van der Waals surface area contributed by atoms with E-state index in [9.17, 15) is 14.0 Å². The Morgan fingerprint density at radius 2 is 1.45 bits per heavy atom. The number of allylic oxidation sites excluding steroid dienone is 1. The monoisotopic (exact) mass is 418 g/mol. The number of carbonyl (C=O) groups is 2. The van der Waals surface area contributed by atoms with E-state index in [0.717, 1.165) is 24.2 Å². The van der Waals surface area contributed by atoms with Gasteiger partial charge in [0, 0.05) is 5.56 Å². The smallest absolute Gasteiger partial charge is 0.343 e. The Kier molecular flexibility index (Phi) is 7.71. The summed E-state index contributed by atoms with van der Waals surface area (Å²) >= 11 is 0. The van der Waals surface area contributed by atoms with Crippen molar-refractivity contribution in [3.8, 4) is 11.5 Å². The van der Waals surface area contributed by atoms with Crippen LogP contribution in [-0.4, -0.2) is 18.4 Å². The third kappa shape index (κ3) is 6.64. The van der Waals surface area contributed by atoms with Crippen LogP contribution in [0.4, 0.5) is 4.39 Å². The van der Waals surface area contributed by atoms with Crippen LogP contribution in [0.2, 0.25) is 0 Å². The number of benzene rings is 3. The summed E-state index contributed by atoms with van der Waals surface area (Å²) in [6.07, 6.45) is 5.10. The average Bonchev–Trinajstić information content (AvgIpc) is 2.79. The molecule has 0 fully saturated rings. The Balaban J connectivity index is 1.55. The molecular formula is C26H23FO4. The van der Waals surface area contributed by atoms with Crippen LogP contribution in [0.25, 0.3) is 6.08 Å². The van der Waals surface area contributed by atoms with Crippen LogP contribution >= 0.6 is 0 Å². The van der Waals surface area contributed by atoms with Gasteiger partial charge in [-0.25, -0.2) is 9.18 Å². The highest BCUT2D eigenvalue weighted by atomic mass is 19.1. The Labute approximate surface area is 180 Å². The molecule has 0 bridgehead atoms. The first-order chi connectivity index (χ1) is 15.0. The van der Waals surface area contributed by atoms with Gasteiger partial charge in [0.25, 0.3) is 0 Å². The van der Waals surface area contributed by atoms with Crippen molar-refractivity contribution in [3.63, 3.8) is 0 Å². The first kappa shape index (κ1) is 22.0. The second kappa shape index (κ2) is 10.9. The minimum Gasteiger partial charge on any atom is -0.494 e. The fourth-order valence-corrected chi connectivity index (χ4v) is 2.72. The number of esters is 1. The standard InChI is InChI=1S/C26H23FO4/c1-2-3-18-30-23-15-9-21(10-16-23)26(29)31-24-13-4-19(5-14-24)6-17-25(28)20-7-11-22(27)12-8-20/h4-17H,2-3,18H2,1H3/b17-6+. The lowest BCUT2D eigenvalue weighted by molar-refractivity contribution is 0.0734. The van der Waals surface area contributed by atoms with Gasteiger partial charge in [-0.05, 0) is 78.7 Å². The van der Waals surface area contributed by atoms with Gasteiger partial charge in [0.1, 0.15) is 17.3 Å². The molecule has 0 atom stereocenters. The summed E-state index contributed by atoms with van der Waals surface area (Å²) in [6, 6.07) is 19.0. The number of rotatable bonds is 9. The first-order valence-corrected chi connectivity index (χ1v) is 10.1. The van der Waals surface area contributed by atoms with Crippen LogP contribution in [0.5, 0.6) is 11.5 Å². The lowest BCUT2D eigenvalue weighted by Crippen LogP contribution is -2.08. The second-order valence-electron chi connectivity index (χ2n) is 6.89. The molecule has 0 N–H and O–H groups in total.